The summed E-state index contributed by atoms with van der Waals surface area (Å²) in [4.78, 5) is 52.3. The van der Waals surface area contributed by atoms with E-state index in [1.165, 1.54) is 17.0 Å². The second-order valence-electron chi connectivity index (χ2n) is 8.43. The summed E-state index contributed by atoms with van der Waals surface area (Å²) in [5, 5.41) is 0. The van der Waals surface area contributed by atoms with Gasteiger partial charge in [0.1, 0.15) is 0 Å². The number of carbonyl (C=O) groups is 4. The quantitative estimate of drug-likeness (QED) is 0.239. The lowest BCUT2D eigenvalue weighted by atomic mass is 9.81. The molecule has 2 bridgehead atoms. The molecule has 1 heterocycles. The molecule has 6 atom stereocenters. The van der Waals surface area contributed by atoms with E-state index in [2.05, 4.69) is 31.9 Å². The van der Waals surface area contributed by atoms with Gasteiger partial charge in [0.15, 0.2) is 12.4 Å². The summed E-state index contributed by atoms with van der Waals surface area (Å²) in [6, 6.07) is 14.8. The topological polar surface area (TPSA) is 80.8 Å². The zero-order valence-electron chi connectivity index (χ0n) is 16.8. The monoisotopic (exact) mass is 559 g/mol. The van der Waals surface area contributed by atoms with Gasteiger partial charge in [0.05, 0.1) is 23.1 Å². The summed E-state index contributed by atoms with van der Waals surface area (Å²) in [7, 11) is 0. The third-order valence-electron chi connectivity index (χ3n) is 6.78. The Hall–Kier alpha value is -2.32. The Balaban J connectivity index is 1.27. The Labute approximate surface area is 201 Å². The molecule has 2 saturated carbocycles. The van der Waals surface area contributed by atoms with E-state index in [9.17, 15) is 19.2 Å². The number of esters is 1. The number of fused-ring (bicyclic) bond motifs is 5. The van der Waals surface area contributed by atoms with E-state index in [-0.39, 0.29) is 63.1 Å². The van der Waals surface area contributed by atoms with E-state index < -0.39 is 5.97 Å². The summed E-state index contributed by atoms with van der Waals surface area (Å²) in [5.74, 6) is -1.56. The van der Waals surface area contributed by atoms with Crippen LogP contribution >= 0.6 is 31.9 Å². The summed E-state index contributed by atoms with van der Waals surface area (Å²) in [5.41, 5.74) is 1.16. The van der Waals surface area contributed by atoms with E-state index in [1.54, 1.807) is 42.5 Å². The molecule has 164 valence electrons. The molecule has 6 nitrogen and oxygen atoms in total. The number of ketones is 1. The second kappa shape index (κ2) is 8.23. The molecule has 0 radical (unpaired) electrons. The summed E-state index contributed by atoms with van der Waals surface area (Å²) in [6.45, 7) is -0.360. The van der Waals surface area contributed by atoms with Gasteiger partial charge in [-0.15, -0.1) is 0 Å². The van der Waals surface area contributed by atoms with Crippen molar-refractivity contribution in [2.75, 3.05) is 11.5 Å². The highest BCUT2D eigenvalue weighted by Crippen LogP contribution is 2.60. The number of benzene rings is 2. The molecular weight excluding hydrogens is 542 g/mol. The van der Waals surface area contributed by atoms with Crippen LogP contribution in [-0.4, -0.2) is 39.8 Å². The van der Waals surface area contributed by atoms with Crippen molar-refractivity contribution in [1.29, 1.82) is 0 Å². The predicted molar refractivity (Wildman–Crippen MR) is 124 cm³/mol. The van der Waals surface area contributed by atoms with Crippen LogP contribution in [0.1, 0.15) is 27.1 Å². The van der Waals surface area contributed by atoms with Gasteiger partial charge in [0, 0.05) is 15.2 Å². The number of rotatable bonds is 5. The first-order chi connectivity index (χ1) is 15.4. The Morgan fingerprint density at radius 1 is 0.844 bits per heavy atom. The number of amides is 2. The fourth-order valence-corrected chi connectivity index (χ4v) is 7.15. The van der Waals surface area contributed by atoms with Crippen LogP contribution in [0, 0.1) is 23.7 Å². The molecule has 5 rings (SSSR count). The molecule has 2 aromatic carbocycles. The SMILES string of the molecule is O=C(COC(=O)c1ccc(N2C(=O)[C@@H]3[C@H]4C[C@@H]([C@H](Br)[C@H]4Br)[C@H]3C2=O)cc1)c1ccccc1. The number of Topliss-reactive ketones (excluding diaryl/α,β-unsaturated/α-hetero) is 1. The van der Waals surface area contributed by atoms with E-state index in [0.29, 0.717) is 11.3 Å². The van der Waals surface area contributed by atoms with Gasteiger partial charge in [0.2, 0.25) is 11.8 Å². The van der Waals surface area contributed by atoms with E-state index in [0.717, 1.165) is 6.42 Å². The van der Waals surface area contributed by atoms with Crippen molar-refractivity contribution >= 4 is 61.1 Å². The van der Waals surface area contributed by atoms with Crippen LogP contribution in [-0.2, 0) is 14.3 Å². The molecule has 2 amide bonds. The number of imide groups is 1. The van der Waals surface area contributed by atoms with Gasteiger partial charge in [-0.1, -0.05) is 62.2 Å². The molecule has 3 fully saturated rings. The number of hydrogen-bond acceptors (Lipinski definition) is 5. The number of carbonyl (C=O) groups excluding carboxylic acids is 4. The number of nitrogens with zero attached hydrogens (tertiary/aromatic N) is 1. The first kappa shape index (κ1) is 21.5. The van der Waals surface area contributed by atoms with Crippen molar-refractivity contribution in [1.82, 2.24) is 0 Å². The number of ether oxygens (including phenoxy) is 1. The minimum Gasteiger partial charge on any atom is -0.454 e. The highest BCUT2D eigenvalue weighted by atomic mass is 79.9. The molecule has 0 N–H and O–H groups in total. The molecular formula is C24H19Br2NO5. The lowest BCUT2D eigenvalue weighted by Crippen LogP contribution is -2.37. The maximum Gasteiger partial charge on any atom is 0.338 e. The van der Waals surface area contributed by atoms with Crippen LogP contribution in [0.15, 0.2) is 54.6 Å². The zero-order chi connectivity index (χ0) is 22.6. The molecule has 0 aromatic heterocycles. The van der Waals surface area contributed by atoms with Gasteiger partial charge in [0.25, 0.3) is 0 Å². The van der Waals surface area contributed by atoms with Gasteiger partial charge in [-0.25, -0.2) is 4.79 Å². The van der Waals surface area contributed by atoms with Gasteiger partial charge >= 0.3 is 5.97 Å². The van der Waals surface area contributed by atoms with Gasteiger partial charge < -0.3 is 4.74 Å². The molecule has 3 aliphatic rings. The largest absolute Gasteiger partial charge is 0.454 e. The predicted octanol–water partition coefficient (Wildman–Crippen LogP) is 4.01. The lowest BCUT2D eigenvalue weighted by Gasteiger charge is -2.28. The molecule has 1 saturated heterocycles. The normalized spacial score (nSPS) is 30.5. The first-order valence-corrected chi connectivity index (χ1v) is 12.2. The Morgan fingerprint density at radius 3 is 1.97 bits per heavy atom. The third kappa shape index (κ3) is 3.35. The summed E-state index contributed by atoms with van der Waals surface area (Å²) >= 11 is 7.36. The number of halogens is 2. The van der Waals surface area contributed by atoms with Gasteiger partial charge in [-0.05, 0) is 42.5 Å². The van der Waals surface area contributed by atoms with Crippen LogP contribution in [0.25, 0.3) is 0 Å². The van der Waals surface area contributed by atoms with Gasteiger partial charge in [-0.2, -0.15) is 0 Å². The van der Waals surface area contributed by atoms with Gasteiger partial charge in [-0.3, -0.25) is 19.3 Å². The van der Waals surface area contributed by atoms with Crippen LogP contribution < -0.4 is 4.90 Å². The molecule has 2 aliphatic carbocycles. The molecule has 0 spiro atoms. The van der Waals surface area contributed by atoms with E-state index in [1.807, 2.05) is 0 Å². The molecule has 2 aromatic rings. The standard InChI is InChI=1S/C24H19Br2NO5/c25-20-15-10-16(21(20)26)19-18(15)22(29)27(23(19)30)14-8-6-13(7-9-14)24(31)32-11-17(28)12-4-2-1-3-5-12/h1-9,15-16,18-21H,10-11H2/t15-,16-,18-,19-,20+,21+/m1/s1. The molecule has 0 unspecified atom stereocenters. The Bertz CT molecular complexity index is 1070. The van der Waals surface area contributed by atoms with Crippen molar-refractivity contribution in [2.24, 2.45) is 23.7 Å². The van der Waals surface area contributed by atoms with Crippen molar-refractivity contribution in [3.8, 4) is 0 Å². The number of hydrogen-bond donors (Lipinski definition) is 0. The maximum absolute atomic E-state index is 13.1. The molecule has 8 heteroatoms. The Morgan fingerprint density at radius 2 is 1.41 bits per heavy atom. The smallest absolute Gasteiger partial charge is 0.338 e. The highest BCUT2D eigenvalue weighted by molar-refractivity contribution is 9.12. The van der Waals surface area contributed by atoms with Crippen LogP contribution in [0.5, 0.6) is 0 Å². The fourth-order valence-electron chi connectivity index (χ4n) is 5.27. The molecule has 32 heavy (non-hydrogen) atoms. The van der Waals surface area contributed by atoms with Crippen LogP contribution in [0.3, 0.4) is 0 Å². The minimum atomic E-state index is -0.640. The van der Waals surface area contributed by atoms with Crippen molar-refractivity contribution in [2.45, 2.75) is 16.1 Å². The van der Waals surface area contributed by atoms with E-state index >= 15 is 0 Å². The summed E-state index contributed by atoms with van der Waals surface area (Å²) in [6.07, 6.45) is 0.874. The van der Waals surface area contributed by atoms with Crippen molar-refractivity contribution in [3.63, 3.8) is 0 Å². The second-order valence-corrected chi connectivity index (χ2v) is 10.5. The average molecular weight is 561 g/mol. The number of anilines is 1. The first-order valence-electron chi connectivity index (χ1n) is 10.4. The van der Waals surface area contributed by atoms with Crippen LogP contribution in [0.2, 0.25) is 0 Å². The zero-order valence-corrected chi connectivity index (χ0v) is 20.0. The van der Waals surface area contributed by atoms with Crippen molar-refractivity contribution in [3.05, 3.63) is 65.7 Å². The lowest BCUT2D eigenvalue weighted by molar-refractivity contribution is -0.123. The average Bonchev–Trinajstić information content (AvgIpc) is 3.42. The fraction of sp³-hybridized carbons (Fsp3) is 0.333. The minimum absolute atomic E-state index is 0.146. The van der Waals surface area contributed by atoms with E-state index in [4.69, 9.17) is 4.74 Å². The van der Waals surface area contributed by atoms with Crippen LogP contribution in [0.4, 0.5) is 5.69 Å². The highest BCUT2D eigenvalue weighted by Gasteiger charge is 2.66. The maximum atomic E-state index is 13.1. The summed E-state index contributed by atoms with van der Waals surface area (Å²) < 4.78 is 5.13. The third-order valence-corrected chi connectivity index (χ3v) is 9.99. The Kier molecular flexibility index (Phi) is 5.53. The molecule has 1 aliphatic heterocycles. The number of alkyl halides is 2. The van der Waals surface area contributed by atoms with Crippen molar-refractivity contribution < 1.29 is 23.9 Å².